The molecule has 1 aliphatic rings. The fourth-order valence-electron chi connectivity index (χ4n) is 4.15. The second-order valence-corrected chi connectivity index (χ2v) is 7.85. The van der Waals surface area contributed by atoms with Gasteiger partial charge in [-0.15, -0.1) is 0 Å². The molecule has 4 aromatic rings. The van der Waals surface area contributed by atoms with E-state index in [2.05, 4.69) is 49.4 Å². The minimum atomic E-state index is -0.251. The molecule has 3 heterocycles. The average molecular weight is 388 g/mol. The molecule has 1 fully saturated rings. The third-order valence-corrected chi connectivity index (χ3v) is 5.55. The van der Waals surface area contributed by atoms with Crippen molar-refractivity contribution in [2.75, 3.05) is 0 Å². The summed E-state index contributed by atoms with van der Waals surface area (Å²) in [5.41, 5.74) is 3.39. The predicted octanol–water partition coefficient (Wildman–Crippen LogP) is 4.58. The lowest BCUT2D eigenvalue weighted by Crippen LogP contribution is -2.03. The summed E-state index contributed by atoms with van der Waals surface area (Å²) in [4.78, 5) is 21.6. The summed E-state index contributed by atoms with van der Waals surface area (Å²) in [6.07, 6.45) is 7.97. The molecule has 146 valence electrons. The van der Waals surface area contributed by atoms with E-state index in [1.165, 1.54) is 0 Å². The van der Waals surface area contributed by atoms with E-state index in [9.17, 15) is 4.39 Å². The molecule has 1 aliphatic carbocycles. The fourth-order valence-corrected chi connectivity index (χ4v) is 4.15. The number of nitrogens with zero attached hydrogens (tertiary/aromatic N) is 6. The first kappa shape index (κ1) is 17.8. The number of hydrogen-bond donors (Lipinski definition) is 0. The van der Waals surface area contributed by atoms with Crippen LogP contribution in [0.5, 0.6) is 0 Å². The minimum Gasteiger partial charge on any atom is -0.326 e. The number of aromatic nitrogens is 6. The van der Waals surface area contributed by atoms with E-state index < -0.39 is 0 Å². The summed E-state index contributed by atoms with van der Waals surface area (Å²) < 4.78 is 16.8. The van der Waals surface area contributed by atoms with Gasteiger partial charge in [0.05, 0.1) is 5.52 Å². The van der Waals surface area contributed by atoms with Crippen molar-refractivity contribution in [1.82, 2.24) is 29.5 Å². The molecule has 0 spiro atoms. The molecule has 6 nitrogen and oxygen atoms in total. The Morgan fingerprint density at radius 2 is 1.62 bits per heavy atom. The lowest BCUT2D eigenvalue weighted by Gasteiger charge is -2.11. The molecule has 29 heavy (non-hydrogen) atoms. The predicted molar refractivity (Wildman–Crippen MR) is 108 cm³/mol. The summed E-state index contributed by atoms with van der Waals surface area (Å²) in [5.74, 6) is 2.18. The normalized spacial score (nSPS) is 18.5. The number of aryl methyl sites for hydroxylation is 1. The van der Waals surface area contributed by atoms with Gasteiger partial charge in [-0.1, -0.05) is 0 Å². The quantitative estimate of drug-likeness (QED) is 0.512. The van der Waals surface area contributed by atoms with Crippen LogP contribution >= 0.6 is 0 Å². The van der Waals surface area contributed by atoms with Crippen LogP contribution in [0.15, 0.2) is 43.0 Å². The van der Waals surface area contributed by atoms with Crippen molar-refractivity contribution in [3.05, 3.63) is 65.8 Å². The largest absolute Gasteiger partial charge is 0.326 e. The van der Waals surface area contributed by atoms with Crippen LogP contribution in [0.1, 0.15) is 55.1 Å². The number of fused-ring (bicyclic) bond motifs is 1. The molecule has 0 bridgehead atoms. The first-order chi connectivity index (χ1) is 14.0. The Hall–Kier alpha value is -3.22. The van der Waals surface area contributed by atoms with Crippen molar-refractivity contribution in [1.29, 1.82) is 0 Å². The Morgan fingerprint density at radius 1 is 0.966 bits per heavy atom. The topological polar surface area (TPSA) is 69.4 Å². The van der Waals surface area contributed by atoms with Gasteiger partial charge in [-0.25, -0.2) is 29.3 Å². The van der Waals surface area contributed by atoms with Gasteiger partial charge >= 0.3 is 0 Å². The zero-order valence-corrected chi connectivity index (χ0v) is 16.5. The van der Waals surface area contributed by atoms with Crippen LogP contribution in [0, 0.1) is 12.7 Å². The van der Waals surface area contributed by atoms with Gasteiger partial charge in [-0.3, -0.25) is 0 Å². The Bertz CT molecular complexity index is 1180. The molecule has 2 atom stereocenters. The molecular formula is C22H21FN6. The van der Waals surface area contributed by atoms with Crippen molar-refractivity contribution in [2.45, 2.75) is 45.1 Å². The number of benzene rings is 1. The lowest BCUT2D eigenvalue weighted by atomic mass is 10.1. The highest BCUT2D eigenvalue weighted by atomic mass is 19.1. The Balaban J connectivity index is 1.44. The SMILES string of the molecule is Cc1nc2c(F)cc([C@@H]3C[C@@H]3c3cnc(-c4ncccn4)nc3)cc2n1C(C)C. The van der Waals surface area contributed by atoms with Crippen LogP contribution in [-0.2, 0) is 0 Å². The van der Waals surface area contributed by atoms with Gasteiger partial charge < -0.3 is 4.57 Å². The lowest BCUT2D eigenvalue weighted by molar-refractivity contribution is 0.599. The number of hydrogen-bond acceptors (Lipinski definition) is 5. The van der Waals surface area contributed by atoms with Gasteiger partial charge in [0.25, 0.3) is 0 Å². The third kappa shape index (κ3) is 3.06. The zero-order valence-electron chi connectivity index (χ0n) is 16.5. The second kappa shape index (κ2) is 6.69. The molecule has 5 rings (SSSR count). The van der Waals surface area contributed by atoms with E-state index in [0.29, 0.717) is 23.1 Å². The van der Waals surface area contributed by atoms with Crippen LogP contribution in [0.2, 0.25) is 0 Å². The molecule has 0 unspecified atom stereocenters. The van der Waals surface area contributed by atoms with Gasteiger partial charge in [-0.05, 0) is 68.4 Å². The Morgan fingerprint density at radius 3 is 2.31 bits per heavy atom. The highest BCUT2D eigenvalue weighted by Gasteiger charge is 2.40. The summed E-state index contributed by atoms with van der Waals surface area (Å²) in [6, 6.07) is 5.72. The van der Waals surface area contributed by atoms with Crippen LogP contribution in [0.25, 0.3) is 22.7 Å². The van der Waals surface area contributed by atoms with Crippen LogP contribution in [-0.4, -0.2) is 29.5 Å². The second-order valence-electron chi connectivity index (χ2n) is 7.85. The highest BCUT2D eigenvalue weighted by Crippen LogP contribution is 2.55. The minimum absolute atomic E-state index is 0.228. The standard InChI is InChI=1S/C22H21FN6/c1-12(2)29-13(3)28-20-18(23)7-14(8-19(20)29)16-9-17(16)15-10-26-22(27-11-15)21-24-5-4-6-25-21/h4-8,10-12,16-17H,9H2,1-3H3/t16-,17+/m0/s1. The maximum Gasteiger partial charge on any atom is 0.197 e. The molecule has 0 saturated heterocycles. The smallest absolute Gasteiger partial charge is 0.197 e. The van der Waals surface area contributed by atoms with E-state index in [1.807, 2.05) is 19.3 Å². The average Bonchev–Trinajstić information content (AvgIpc) is 3.44. The van der Waals surface area contributed by atoms with Crippen molar-refractivity contribution in [3.63, 3.8) is 0 Å². The van der Waals surface area contributed by atoms with Crippen molar-refractivity contribution >= 4 is 11.0 Å². The van der Waals surface area contributed by atoms with Crippen LogP contribution in [0.3, 0.4) is 0 Å². The van der Waals surface area contributed by atoms with Crippen LogP contribution < -0.4 is 0 Å². The van der Waals surface area contributed by atoms with Crippen molar-refractivity contribution in [3.8, 4) is 11.6 Å². The molecule has 0 N–H and O–H groups in total. The first-order valence-corrected chi connectivity index (χ1v) is 9.80. The highest BCUT2D eigenvalue weighted by molar-refractivity contribution is 5.78. The fraction of sp³-hybridized carbons (Fsp3) is 0.318. The zero-order chi connectivity index (χ0) is 20.1. The number of imidazole rings is 1. The molecule has 1 saturated carbocycles. The Labute approximate surface area is 167 Å². The monoisotopic (exact) mass is 388 g/mol. The number of rotatable bonds is 4. The van der Waals surface area contributed by atoms with E-state index in [4.69, 9.17) is 0 Å². The summed E-state index contributed by atoms with van der Waals surface area (Å²) >= 11 is 0. The molecule has 0 aliphatic heterocycles. The molecule has 0 radical (unpaired) electrons. The summed E-state index contributed by atoms with van der Waals surface area (Å²) in [7, 11) is 0. The third-order valence-electron chi connectivity index (χ3n) is 5.55. The van der Waals surface area contributed by atoms with Gasteiger partial charge in [0.1, 0.15) is 11.3 Å². The van der Waals surface area contributed by atoms with Gasteiger partial charge in [0.2, 0.25) is 0 Å². The number of halogens is 1. The van der Waals surface area contributed by atoms with E-state index in [0.717, 1.165) is 28.9 Å². The molecule has 7 heteroatoms. The van der Waals surface area contributed by atoms with Crippen molar-refractivity contribution < 1.29 is 4.39 Å². The maximum atomic E-state index is 14.7. The Kier molecular flexibility index (Phi) is 4.12. The van der Waals surface area contributed by atoms with Crippen LogP contribution in [0.4, 0.5) is 4.39 Å². The van der Waals surface area contributed by atoms with Gasteiger partial charge in [-0.2, -0.15) is 0 Å². The molecule has 0 amide bonds. The molecule has 3 aromatic heterocycles. The van der Waals surface area contributed by atoms with E-state index in [-0.39, 0.29) is 17.8 Å². The summed E-state index contributed by atoms with van der Waals surface area (Å²) in [5, 5.41) is 0. The molecule has 1 aromatic carbocycles. The van der Waals surface area contributed by atoms with E-state index in [1.54, 1.807) is 24.5 Å². The van der Waals surface area contributed by atoms with E-state index >= 15 is 0 Å². The van der Waals surface area contributed by atoms with Gasteiger partial charge in [0.15, 0.2) is 17.5 Å². The summed E-state index contributed by atoms with van der Waals surface area (Å²) in [6.45, 7) is 6.11. The van der Waals surface area contributed by atoms with Crippen molar-refractivity contribution in [2.24, 2.45) is 0 Å². The molecular weight excluding hydrogens is 367 g/mol. The first-order valence-electron chi connectivity index (χ1n) is 9.80. The maximum absolute atomic E-state index is 14.7. The van der Waals surface area contributed by atoms with Gasteiger partial charge in [0, 0.05) is 30.8 Å².